The van der Waals surface area contributed by atoms with E-state index in [1.807, 2.05) is 19.1 Å². The monoisotopic (exact) mass is 223 g/mol. The van der Waals surface area contributed by atoms with Gasteiger partial charge in [-0.1, -0.05) is 0 Å². The van der Waals surface area contributed by atoms with Crippen molar-refractivity contribution in [1.82, 2.24) is 4.90 Å². The highest BCUT2D eigenvalue weighted by atomic mass is 16.3. The van der Waals surface area contributed by atoms with Crippen LogP contribution in [0.5, 0.6) is 0 Å². The Morgan fingerprint density at radius 3 is 3.06 bits per heavy atom. The maximum atomic E-state index is 11.5. The molecule has 2 heterocycles. The van der Waals surface area contributed by atoms with E-state index in [4.69, 9.17) is 4.42 Å². The van der Waals surface area contributed by atoms with Crippen LogP contribution in [0, 0.1) is 0 Å². The number of nitrogens with zero attached hydrogens (tertiary/aromatic N) is 1. The Kier molecular flexibility index (Phi) is 3.29. The molecule has 0 spiro atoms. The Morgan fingerprint density at radius 2 is 2.50 bits per heavy atom. The Hall–Kier alpha value is -1.29. The minimum atomic E-state index is -0.487. The first-order chi connectivity index (χ1) is 7.66. The minimum absolute atomic E-state index is 0.0550. The van der Waals surface area contributed by atoms with Crippen LogP contribution in [0.1, 0.15) is 25.5 Å². The molecule has 4 nitrogen and oxygen atoms in total. The average molecular weight is 223 g/mol. The van der Waals surface area contributed by atoms with E-state index in [0.29, 0.717) is 6.54 Å². The van der Waals surface area contributed by atoms with Gasteiger partial charge in [0, 0.05) is 19.0 Å². The molecule has 1 aliphatic heterocycles. The summed E-state index contributed by atoms with van der Waals surface area (Å²) in [7, 11) is 0. The Bertz CT molecular complexity index is 347. The van der Waals surface area contributed by atoms with E-state index in [1.54, 1.807) is 11.2 Å². The predicted octanol–water partition coefficient (Wildman–Crippen LogP) is 1.19. The van der Waals surface area contributed by atoms with Crippen LogP contribution >= 0.6 is 0 Å². The van der Waals surface area contributed by atoms with Crippen LogP contribution in [0.15, 0.2) is 22.8 Å². The summed E-state index contributed by atoms with van der Waals surface area (Å²) in [5, 5.41) is 9.39. The summed E-state index contributed by atoms with van der Waals surface area (Å²) in [6.07, 6.45) is 3.13. The van der Waals surface area contributed by atoms with Gasteiger partial charge in [-0.25, -0.2) is 0 Å². The maximum absolute atomic E-state index is 11.5. The number of hydrogen-bond acceptors (Lipinski definition) is 3. The van der Waals surface area contributed by atoms with Crippen molar-refractivity contribution in [2.24, 2.45) is 0 Å². The van der Waals surface area contributed by atoms with E-state index >= 15 is 0 Å². The van der Waals surface area contributed by atoms with Crippen LogP contribution in [0.2, 0.25) is 0 Å². The van der Waals surface area contributed by atoms with Crippen LogP contribution in [0.3, 0.4) is 0 Å². The smallest absolute Gasteiger partial charge is 0.225 e. The molecule has 1 fully saturated rings. The molecule has 88 valence electrons. The van der Waals surface area contributed by atoms with Crippen molar-refractivity contribution >= 4 is 5.91 Å². The van der Waals surface area contributed by atoms with Gasteiger partial charge in [-0.3, -0.25) is 4.79 Å². The first kappa shape index (κ1) is 11.2. The van der Waals surface area contributed by atoms with E-state index in [1.165, 1.54) is 0 Å². The molecular formula is C12H17NO3. The topological polar surface area (TPSA) is 53.7 Å². The molecule has 2 unspecified atom stereocenters. The quantitative estimate of drug-likeness (QED) is 0.834. The molecular weight excluding hydrogens is 206 g/mol. The molecule has 16 heavy (non-hydrogen) atoms. The van der Waals surface area contributed by atoms with Crippen molar-refractivity contribution in [2.45, 2.75) is 38.3 Å². The standard InChI is InChI=1S/C12H17NO3/c1-9(4-5-11-3-2-6-16-11)13-8-10(14)7-12(13)15/h2-3,6,9-10,14H,4-5,7-8H2,1H3. The average Bonchev–Trinajstić information content (AvgIpc) is 2.84. The molecule has 1 amide bonds. The summed E-state index contributed by atoms with van der Waals surface area (Å²) in [5.41, 5.74) is 0. The van der Waals surface area contributed by atoms with Gasteiger partial charge in [-0.05, 0) is 25.5 Å². The van der Waals surface area contributed by atoms with Crippen LogP contribution in [0.25, 0.3) is 0 Å². The third kappa shape index (κ3) is 2.44. The fraction of sp³-hybridized carbons (Fsp3) is 0.583. The second-order valence-corrected chi connectivity index (χ2v) is 4.37. The minimum Gasteiger partial charge on any atom is -0.469 e. The zero-order valence-corrected chi connectivity index (χ0v) is 9.43. The molecule has 1 aromatic rings. The van der Waals surface area contributed by atoms with Crippen molar-refractivity contribution in [1.29, 1.82) is 0 Å². The first-order valence-corrected chi connectivity index (χ1v) is 5.66. The van der Waals surface area contributed by atoms with Crippen LogP contribution in [-0.2, 0) is 11.2 Å². The van der Waals surface area contributed by atoms with E-state index in [-0.39, 0.29) is 18.4 Å². The largest absolute Gasteiger partial charge is 0.469 e. The van der Waals surface area contributed by atoms with Gasteiger partial charge >= 0.3 is 0 Å². The lowest BCUT2D eigenvalue weighted by molar-refractivity contribution is -0.129. The number of rotatable bonds is 4. The number of likely N-dealkylation sites (tertiary alicyclic amines) is 1. The van der Waals surface area contributed by atoms with Gasteiger partial charge in [0.15, 0.2) is 0 Å². The Labute approximate surface area is 94.9 Å². The molecule has 1 saturated heterocycles. The Morgan fingerprint density at radius 1 is 1.69 bits per heavy atom. The van der Waals surface area contributed by atoms with Crippen molar-refractivity contribution in [3.05, 3.63) is 24.2 Å². The third-order valence-corrected chi connectivity index (χ3v) is 3.06. The van der Waals surface area contributed by atoms with Gasteiger partial charge in [0.25, 0.3) is 0 Å². The van der Waals surface area contributed by atoms with E-state index < -0.39 is 6.10 Å². The number of β-amino-alcohol motifs (C(OH)–C–C–N with tert-alkyl or cyclic N) is 1. The third-order valence-electron chi connectivity index (χ3n) is 3.06. The number of aryl methyl sites for hydroxylation is 1. The number of aliphatic hydroxyl groups excluding tert-OH is 1. The molecule has 0 aliphatic carbocycles. The molecule has 2 rings (SSSR count). The molecule has 0 bridgehead atoms. The summed E-state index contributed by atoms with van der Waals surface area (Å²) >= 11 is 0. The van der Waals surface area contributed by atoms with Crippen molar-refractivity contribution < 1.29 is 14.3 Å². The summed E-state index contributed by atoms with van der Waals surface area (Å²) in [4.78, 5) is 13.3. The number of aliphatic hydroxyl groups is 1. The Balaban J connectivity index is 1.84. The molecule has 2 atom stereocenters. The van der Waals surface area contributed by atoms with Gasteiger partial charge in [-0.15, -0.1) is 0 Å². The summed E-state index contributed by atoms with van der Waals surface area (Å²) in [5.74, 6) is 0.999. The second kappa shape index (κ2) is 4.70. The van der Waals surface area contributed by atoms with Gasteiger partial charge in [0.1, 0.15) is 5.76 Å². The number of amides is 1. The molecule has 1 aromatic heterocycles. The van der Waals surface area contributed by atoms with E-state index in [0.717, 1.165) is 18.6 Å². The second-order valence-electron chi connectivity index (χ2n) is 4.37. The van der Waals surface area contributed by atoms with Gasteiger partial charge < -0.3 is 14.4 Å². The van der Waals surface area contributed by atoms with Crippen LogP contribution in [-0.4, -0.2) is 34.6 Å². The van der Waals surface area contributed by atoms with Gasteiger partial charge in [-0.2, -0.15) is 0 Å². The zero-order valence-electron chi connectivity index (χ0n) is 9.43. The predicted molar refractivity (Wildman–Crippen MR) is 58.8 cm³/mol. The zero-order chi connectivity index (χ0) is 11.5. The molecule has 1 N–H and O–H groups in total. The number of hydrogen-bond donors (Lipinski definition) is 1. The van der Waals surface area contributed by atoms with Gasteiger partial charge in [0.05, 0.1) is 18.8 Å². The highest BCUT2D eigenvalue weighted by Gasteiger charge is 2.30. The highest BCUT2D eigenvalue weighted by Crippen LogP contribution is 2.17. The van der Waals surface area contributed by atoms with Crippen molar-refractivity contribution in [3.63, 3.8) is 0 Å². The number of carbonyl (C=O) groups is 1. The lowest BCUT2D eigenvalue weighted by Gasteiger charge is -2.23. The normalized spacial score (nSPS) is 22.8. The summed E-state index contributed by atoms with van der Waals surface area (Å²) < 4.78 is 5.24. The number of carbonyl (C=O) groups excluding carboxylic acids is 1. The van der Waals surface area contributed by atoms with Crippen LogP contribution < -0.4 is 0 Å². The lowest BCUT2D eigenvalue weighted by Crippen LogP contribution is -2.35. The fourth-order valence-corrected chi connectivity index (χ4v) is 2.10. The van der Waals surface area contributed by atoms with Crippen LogP contribution in [0.4, 0.5) is 0 Å². The molecule has 4 heteroatoms. The lowest BCUT2D eigenvalue weighted by atomic mass is 10.1. The first-order valence-electron chi connectivity index (χ1n) is 5.66. The summed E-state index contributed by atoms with van der Waals surface area (Å²) in [6, 6.07) is 3.97. The molecule has 1 aliphatic rings. The molecule has 0 aromatic carbocycles. The highest BCUT2D eigenvalue weighted by molar-refractivity contribution is 5.79. The van der Waals surface area contributed by atoms with E-state index in [2.05, 4.69) is 0 Å². The fourth-order valence-electron chi connectivity index (χ4n) is 2.10. The maximum Gasteiger partial charge on any atom is 0.225 e. The number of furan rings is 1. The summed E-state index contributed by atoms with van der Waals surface area (Å²) in [6.45, 7) is 2.48. The molecule has 0 saturated carbocycles. The van der Waals surface area contributed by atoms with Crippen molar-refractivity contribution in [3.8, 4) is 0 Å². The molecule has 0 radical (unpaired) electrons. The van der Waals surface area contributed by atoms with Crippen molar-refractivity contribution in [2.75, 3.05) is 6.54 Å². The van der Waals surface area contributed by atoms with Gasteiger partial charge in [0.2, 0.25) is 5.91 Å². The van der Waals surface area contributed by atoms with E-state index in [9.17, 15) is 9.90 Å². The SMILES string of the molecule is CC(CCc1ccco1)N1CC(O)CC1=O.